The van der Waals surface area contributed by atoms with Crippen molar-refractivity contribution in [3.63, 3.8) is 0 Å². The minimum Gasteiger partial charge on any atom is -0.392 e. The first-order valence-corrected chi connectivity index (χ1v) is 5.80. The maximum absolute atomic E-state index is 11.3. The van der Waals surface area contributed by atoms with E-state index in [-0.39, 0.29) is 24.1 Å². The standard InChI is InChI=1S/C11H22N2O2/c1-8(2)13-11(15)6-7-12-9-4-3-5-10(9)14/h8-10,12,14H,3-7H2,1-2H3,(H,13,15)/t9-,10-/m1/s1. The van der Waals surface area contributed by atoms with Crippen molar-refractivity contribution < 1.29 is 9.90 Å². The molecule has 0 aliphatic heterocycles. The van der Waals surface area contributed by atoms with Crippen LogP contribution in [0.5, 0.6) is 0 Å². The van der Waals surface area contributed by atoms with Crippen LogP contribution in [0.3, 0.4) is 0 Å². The molecule has 4 nitrogen and oxygen atoms in total. The van der Waals surface area contributed by atoms with Gasteiger partial charge < -0.3 is 15.7 Å². The van der Waals surface area contributed by atoms with Gasteiger partial charge in [-0.25, -0.2) is 0 Å². The Kier molecular flexibility index (Phi) is 5.05. The number of carbonyl (C=O) groups is 1. The van der Waals surface area contributed by atoms with Crippen LogP contribution < -0.4 is 10.6 Å². The molecule has 0 aromatic rings. The fraction of sp³-hybridized carbons (Fsp3) is 0.909. The minimum atomic E-state index is -0.224. The van der Waals surface area contributed by atoms with Crippen LogP contribution in [0.15, 0.2) is 0 Å². The maximum Gasteiger partial charge on any atom is 0.221 e. The molecule has 0 unspecified atom stereocenters. The van der Waals surface area contributed by atoms with Gasteiger partial charge in [-0.3, -0.25) is 4.79 Å². The molecule has 1 amide bonds. The highest BCUT2D eigenvalue weighted by atomic mass is 16.3. The van der Waals surface area contributed by atoms with Gasteiger partial charge >= 0.3 is 0 Å². The maximum atomic E-state index is 11.3. The van der Waals surface area contributed by atoms with Gasteiger partial charge in [0.05, 0.1) is 6.10 Å². The van der Waals surface area contributed by atoms with Crippen LogP contribution in [0.1, 0.15) is 39.5 Å². The first-order valence-electron chi connectivity index (χ1n) is 5.80. The molecule has 0 spiro atoms. The Morgan fingerprint density at radius 1 is 1.47 bits per heavy atom. The molecule has 4 heteroatoms. The van der Waals surface area contributed by atoms with Crippen molar-refractivity contribution in [1.82, 2.24) is 10.6 Å². The van der Waals surface area contributed by atoms with Crippen LogP contribution in [-0.4, -0.2) is 35.7 Å². The van der Waals surface area contributed by atoms with E-state index < -0.39 is 0 Å². The van der Waals surface area contributed by atoms with Crippen molar-refractivity contribution >= 4 is 5.91 Å². The second kappa shape index (κ2) is 6.08. The molecule has 0 bridgehead atoms. The summed E-state index contributed by atoms with van der Waals surface area (Å²) >= 11 is 0. The van der Waals surface area contributed by atoms with Crippen LogP contribution in [0.4, 0.5) is 0 Å². The van der Waals surface area contributed by atoms with E-state index in [0.717, 1.165) is 19.3 Å². The molecule has 0 aromatic carbocycles. The van der Waals surface area contributed by atoms with Crippen molar-refractivity contribution in [2.75, 3.05) is 6.54 Å². The summed E-state index contributed by atoms with van der Waals surface area (Å²) in [6.07, 6.45) is 3.25. The van der Waals surface area contributed by atoms with Gasteiger partial charge in [0, 0.05) is 25.0 Å². The predicted octanol–water partition coefficient (Wildman–Crippen LogP) is 0.404. The van der Waals surface area contributed by atoms with E-state index in [1.165, 1.54) is 0 Å². The third-order valence-corrected chi connectivity index (χ3v) is 2.69. The molecule has 2 atom stereocenters. The molecular formula is C11H22N2O2. The van der Waals surface area contributed by atoms with Crippen molar-refractivity contribution in [3.05, 3.63) is 0 Å². The van der Waals surface area contributed by atoms with Gasteiger partial charge in [0.2, 0.25) is 5.91 Å². The van der Waals surface area contributed by atoms with Crippen LogP contribution >= 0.6 is 0 Å². The van der Waals surface area contributed by atoms with Gasteiger partial charge in [-0.2, -0.15) is 0 Å². The fourth-order valence-corrected chi connectivity index (χ4v) is 1.94. The monoisotopic (exact) mass is 214 g/mol. The van der Waals surface area contributed by atoms with Crippen molar-refractivity contribution in [2.45, 2.75) is 57.7 Å². The van der Waals surface area contributed by atoms with E-state index >= 15 is 0 Å². The van der Waals surface area contributed by atoms with Gasteiger partial charge in [-0.05, 0) is 33.1 Å². The van der Waals surface area contributed by atoms with Gasteiger partial charge in [0.1, 0.15) is 0 Å². The summed E-state index contributed by atoms with van der Waals surface area (Å²) in [4.78, 5) is 11.3. The quantitative estimate of drug-likeness (QED) is 0.621. The number of aliphatic hydroxyl groups is 1. The Bertz CT molecular complexity index is 207. The fourth-order valence-electron chi connectivity index (χ4n) is 1.94. The van der Waals surface area contributed by atoms with E-state index in [9.17, 15) is 9.90 Å². The van der Waals surface area contributed by atoms with Crippen LogP contribution in [-0.2, 0) is 4.79 Å². The summed E-state index contributed by atoms with van der Waals surface area (Å²) in [6, 6.07) is 0.395. The summed E-state index contributed by atoms with van der Waals surface area (Å²) < 4.78 is 0. The molecule has 0 saturated heterocycles. The molecule has 0 heterocycles. The number of nitrogens with one attached hydrogen (secondary N) is 2. The molecule has 0 radical (unpaired) electrons. The predicted molar refractivity (Wildman–Crippen MR) is 59.5 cm³/mol. The lowest BCUT2D eigenvalue weighted by molar-refractivity contribution is -0.121. The zero-order valence-corrected chi connectivity index (χ0v) is 9.62. The van der Waals surface area contributed by atoms with E-state index in [1.807, 2.05) is 13.8 Å². The van der Waals surface area contributed by atoms with Gasteiger partial charge in [-0.1, -0.05) is 0 Å². The number of rotatable bonds is 5. The first kappa shape index (κ1) is 12.5. The summed E-state index contributed by atoms with van der Waals surface area (Å²) in [5.41, 5.74) is 0. The smallest absolute Gasteiger partial charge is 0.221 e. The normalized spacial score (nSPS) is 25.9. The van der Waals surface area contributed by atoms with E-state index in [2.05, 4.69) is 10.6 Å². The lowest BCUT2D eigenvalue weighted by atomic mass is 10.2. The van der Waals surface area contributed by atoms with Gasteiger partial charge in [0.15, 0.2) is 0 Å². The average molecular weight is 214 g/mol. The second-order valence-electron chi connectivity index (χ2n) is 4.53. The number of aliphatic hydroxyl groups excluding tert-OH is 1. The molecule has 1 aliphatic carbocycles. The van der Waals surface area contributed by atoms with Crippen LogP contribution in [0.25, 0.3) is 0 Å². The molecule has 3 N–H and O–H groups in total. The molecule has 0 aromatic heterocycles. The lowest BCUT2D eigenvalue weighted by Crippen LogP contribution is -2.39. The molecule has 88 valence electrons. The average Bonchev–Trinajstić information content (AvgIpc) is 2.50. The van der Waals surface area contributed by atoms with Gasteiger partial charge in [-0.15, -0.1) is 0 Å². The molecule has 1 saturated carbocycles. The number of hydrogen-bond donors (Lipinski definition) is 3. The molecule has 15 heavy (non-hydrogen) atoms. The Labute approximate surface area is 91.4 Å². The number of hydrogen-bond acceptors (Lipinski definition) is 3. The molecule has 1 fully saturated rings. The SMILES string of the molecule is CC(C)NC(=O)CCN[C@@H]1CCC[C@H]1O. The Morgan fingerprint density at radius 3 is 2.73 bits per heavy atom. The first-order chi connectivity index (χ1) is 7.09. The largest absolute Gasteiger partial charge is 0.392 e. The summed E-state index contributed by atoms with van der Waals surface area (Å²) in [5, 5.41) is 15.6. The third-order valence-electron chi connectivity index (χ3n) is 2.69. The van der Waals surface area contributed by atoms with Crippen molar-refractivity contribution in [1.29, 1.82) is 0 Å². The van der Waals surface area contributed by atoms with Crippen LogP contribution in [0, 0.1) is 0 Å². The van der Waals surface area contributed by atoms with E-state index in [4.69, 9.17) is 0 Å². The highest BCUT2D eigenvalue weighted by molar-refractivity contribution is 5.76. The summed E-state index contributed by atoms with van der Waals surface area (Å²) in [6.45, 7) is 4.55. The lowest BCUT2D eigenvalue weighted by Gasteiger charge is -2.16. The summed E-state index contributed by atoms with van der Waals surface area (Å²) in [5.74, 6) is 0.0741. The molecular weight excluding hydrogens is 192 g/mol. The highest BCUT2D eigenvalue weighted by Crippen LogP contribution is 2.18. The Balaban J connectivity index is 2.08. The van der Waals surface area contributed by atoms with Crippen molar-refractivity contribution in [2.24, 2.45) is 0 Å². The third kappa shape index (κ3) is 4.62. The zero-order chi connectivity index (χ0) is 11.3. The molecule has 1 aliphatic rings. The highest BCUT2D eigenvalue weighted by Gasteiger charge is 2.24. The van der Waals surface area contributed by atoms with Gasteiger partial charge in [0.25, 0.3) is 0 Å². The van der Waals surface area contributed by atoms with Crippen molar-refractivity contribution in [3.8, 4) is 0 Å². The Hall–Kier alpha value is -0.610. The Morgan fingerprint density at radius 2 is 2.20 bits per heavy atom. The summed E-state index contributed by atoms with van der Waals surface area (Å²) in [7, 11) is 0. The number of amides is 1. The number of carbonyl (C=O) groups excluding carboxylic acids is 1. The zero-order valence-electron chi connectivity index (χ0n) is 9.62. The molecule has 1 rings (SSSR count). The minimum absolute atomic E-state index is 0.0741. The topological polar surface area (TPSA) is 61.4 Å². The second-order valence-corrected chi connectivity index (χ2v) is 4.53. The van der Waals surface area contributed by atoms with E-state index in [1.54, 1.807) is 0 Å². The van der Waals surface area contributed by atoms with Crippen LogP contribution in [0.2, 0.25) is 0 Å². The van der Waals surface area contributed by atoms with E-state index in [0.29, 0.717) is 13.0 Å².